The molecule has 5 heterocycles. The van der Waals surface area contributed by atoms with E-state index in [2.05, 4.69) is 23.0 Å². The highest BCUT2D eigenvalue weighted by Gasteiger charge is 2.33. The van der Waals surface area contributed by atoms with Gasteiger partial charge < -0.3 is 14.6 Å². The number of carbonyl (C=O) groups is 1. The predicted octanol–water partition coefficient (Wildman–Crippen LogP) is 5.58. The normalized spacial score (nSPS) is 18.5. The van der Waals surface area contributed by atoms with Crippen molar-refractivity contribution in [1.29, 1.82) is 0 Å². The van der Waals surface area contributed by atoms with Crippen LogP contribution in [0.15, 0.2) is 47.5 Å². The number of benzene rings is 1. The lowest BCUT2D eigenvalue weighted by atomic mass is 9.91. The van der Waals surface area contributed by atoms with Crippen LogP contribution in [0.2, 0.25) is 0 Å². The van der Waals surface area contributed by atoms with E-state index in [0.29, 0.717) is 46.9 Å². The number of nitrogens with zero attached hydrogens (tertiary/aromatic N) is 4. The van der Waals surface area contributed by atoms with Gasteiger partial charge in [-0.25, -0.2) is 4.39 Å². The molecule has 1 saturated heterocycles. The van der Waals surface area contributed by atoms with Crippen LogP contribution in [-0.4, -0.2) is 45.6 Å². The van der Waals surface area contributed by atoms with Crippen LogP contribution >= 0.6 is 11.3 Å². The van der Waals surface area contributed by atoms with Crippen molar-refractivity contribution in [2.45, 2.75) is 64.0 Å². The summed E-state index contributed by atoms with van der Waals surface area (Å²) >= 11 is 1.58. The van der Waals surface area contributed by atoms with Crippen molar-refractivity contribution in [3.8, 4) is 11.1 Å². The minimum Gasteiger partial charge on any atom is -0.392 e. The topological polar surface area (TPSA) is 78.7 Å². The number of aliphatic hydroxyl groups is 1. The minimum atomic E-state index is -0.499. The largest absolute Gasteiger partial charge is 0.392 e. The molecule has 0 saturated carbocycles. The number of aryl methyl sites for hydroxylation is 2. The molecular weight excluding hydrogens is 575 g/mol. The van der Waals surface area contributed by atoms with Gasteiger partial charge in [-0.05, 0) is 111 Å². The van der Waals surface area contributed by atoms with Crippen molar-refractivity contribution in [1.82, 2.24) is 14.5 Å². The van der Waals surface area contributed by atoms with Crippen molar-refractivity contribution in [2.24, 2.45) is 7.05 Å². The Morgan fingerprint density at radius 2 is 1.86 bits per heavy atom. The van der Waals surface area contributed by atoms with E-state index in [-0.39, 0.29) is 18.1 Å². The number of anilines is 1. The highest BCUT2D eigenvalue weighted by Crippen LogP contribution is 2.41. The van der Waals surface area contributed by atoms with Crippen LogP contribution in [0, 0.1) is 5.82 Å². The molecule has 1 atom stereocenters. The maximum Gasteiger partial charge on any atom is 0.268 e. The molecule has 1 amide bonds. The van der Waals surface area contributed by atoms with Crippen LogP contribution in [-0.2, 0) is 39.3 Å². The van der Waals surface area contributed by atoms with Gasteiger partial charge in [-0.3, -0.25) is 19.5 Å². The number of likely N-dealkylation sites (tertiary alicyclic amines) is 1. The second-order valence-electron chi connectivity index (χ2n) is 12.4. The Kier molecular flexibility index (Phi) is 7.72. The summed E-state index contributed by atoms with van der Waals surface area (Å²) in [6.45, 7) is 1.14. The lowest BCUT2D eigenvalue weighted by molar-refractivity contribution is 0.0984. The summed E-state index contributed by atoms with van der Waals surface area (Å²) in [6, 6.07) is 8.94. The molecule has 7 rings (SSSR count). The van der Waals surface area contributed by atoms with Crippen LogP contribution < -0.4 is 10.5 Å². The number of amides is 1. The number of rotatable bonds is 6. The molecule has 1 N–H and O–H groups in total. The molecule has 1 aliphatic carbocycles. The third kappa shape index (κ3) is 5.10. The number of hydrogen-bond donors (Lipinski definition) is 1. The number of halogens is 1. The first-order valence-electron chi connectivity index (χ1n) is 15.6. The summed E-state index contributed by atoms with van der Waals surface area (Å²) in [5.41, 5.74) is 6.76. The Balaban J connectivity index is 1.23. The zero-order chi connectivity index (χ0) is 30.5. The average Bonchev–Trinajstić information content (AvgIpc) is 3.63. The van der Waals surface area contributed by atoms with Crippen molar-refractivity contribution in [3.05, 3.63) is 102 Å². The van der Waals surface area contributed by atoms with E-state index in [1.54, 1.807) is 35.5 Å². The summed E-state index contributed by atoms with van der Waals surface area (Å²) < 4.78 is 16.8. The third-order valence-electron chi connectivity index (χ3n) is 9.64. The van der Waals surface area contributed by atoms with Gasteiger partial charge in [0.1, 0.15) is 5.82 Å². The zero-order valence-corrected chi connectivity index (χ0v) is 26.1. The molecule has 3 aromatic heterocycles. The van der Waals surface area contributed by atoms with E-state index in [1.165, 1.54) is 39.1 Å². The molecule has 9 heteroatoms. The molecular formula is C35H37FN4O3S. The molecule has 0 spiro atoms. The van der Waals surface area contributed by atoms with Crippen LogP contribution in [0.4, 0.5) is 10.1 Å². The molecule has 1 fully saturated rings. The minimum absolute atomic E-state index is 0.128. The first kappa shape index (κ1) is 29.1. The van der Waals surface area contributed by atoms with Crippen LogP contribution in [0.1, 0.15) is 79.8 Å². The second-order valence-corrected chi connectivity index (χ2v) is 13.5. The van der Waals surface area contributed by atoms with E-state index < -0.39 is 5.82 Å². The molecule has 4 aromatic rings. The van der Waals surface area contributed by atoms with Crippen molar-refractivity contribution in [3.63, 3.8) is 0 Å². The number of fused-ring (bicyclic) bond motifs is 3. The summed E-state index contributed by atoms with van der Waals surface area (Å²) in [5.74, 6) is -0.628. The SMILES string of the molecule is CN1CCCC1c1ccc(Cc2cc(-c3cc(F)cc(N4CCc5c(sc6c5CCCC6)C4=O)c3CO)cn(C)c2=O)nc1. The van der Waals surface area contributed by atoms with E-state index >= 15 is 4.39 Å². The van der Waals surface area contributed by atoms with Gasteiger partial charge in [-0.15, -0.1) is 11.3 Å². The molecule has 44 heavy (non-hydrogen) atoms. The number of aromatic nitrogens is 2. The van der Waals surface area contributed by atoms with Gasteiger partial charge in [0.25, 0.3) is 11.5 Å². The quantitative estimate of drug-likeness (QED) is 0.308. The smallest absolute Gasteiger partial charge is 0.268 e. The maximum absolute atomic E-state index is 15.3. The molecule has 0 bridgehead atoms. The molecule has 228 valence electrons. The van der Waals surface area contributed by atoms with Crippen molar-refractivity contribution in [2.75, 3.05) is 25.0 Å². The molecule has 7 nitrogen and oxygen atoms in total. The fourth-order valence-corrected chi connectivity index (χ4v) is 8.74. The Labute approximate surface area is 260 Å². The molecule has 0 radical (unpaired) electrons. The van der Waals surface area contributed by atoms with Crippen LogP contribution in [0.5, 0.6) is 0 Å². The monoisotopic (exact) mass is 612 g/mol. The summed E-state index contributed by atoms with van der Waals surface area (Å²) in [6.07, 6.45) is 11.2. The Bertz CT molecular complexity index is 1810. The third-order valence-corrected chi connectivity index (χ3v) is 11.0. The number of thiophene rings is 1. The number of carbonyl (C=O) groups excluding carboxylic acids is 1. The molecule has 1 aromatic carbocycles. The molecule has 3 aliphatic rings. The van der Waals surface area contributed by atoms with Gasteiger partial charge >= 0.3 is 0 Å². The van der Waals surface area contributed by atoms with Crippen molar-refractivity contribution >= 4 is 22.9 Å². The number of aliphatic hydroxyl groups excluding tert-OH is 1. The summed E-state index contributed by atoms with van der Waals surface area (Å²) in [5, 5.41) is 10.6. The fraction of sp³-hybridized carbons (Fsp3) is 0.400. The first-order valence-corrected chi connectivity index (χ1v) is 16.4. The fourth-order valence-electron chi connectivity index (χ4n) is 7.35. The van der Waals surface area contributed by atoms with E-state index in [1.807, 2.05) is 12.3 Å². The highest BCUT2D eigenvalue weighted by molar-refractivity contribution is 7.14. The first-order chi connectivity index (χ1) is 21.3. The lowest BCUT2D eigenvalue weighted by Crippen LogP contribution is -2.37. The number of hydrogen-bond acceptors (Lipinski definition) is 6. The summed E-state index contributed by atoms with van der Waals surface area (Å²) in [7, 11) is 3.81. The molecule has 1 unspecified atom stereocenters. The van der Waals surface area contributed by atoms with Crippen LogP contribution in [0.3, 0.4) is 0 Å². The van der Waals surface area contributed by atoms with E-state index in [4.69, 9.17) is 0 Å². The Morgan fingerprint density at radius 1 is 1.02 bits per heavy atom. The summed E-state index contributed by atoms with van der Waals surface area (Å²) in [4.78, 5) is 37.7. The average molecular weight is 613 g/mol. The van der Waals surface area contributed by atoms with Gasteiger partial charge in [-0.1, -0.05) is 6.07 Å². The Hall–Kier alpha value is -3.66. The van der Waals surface area contributed by atoms with Gasteiger partial charge in [0.15, 0.2) is 0 Å². The molecule has 2 aliphatic heterocycles. The lowest BCUT2D eigenvalue weighted by Gasteiger charge is -2.30. The maximum atomic E-state index is 15.3. The van der Waals surface area contributed by atoms with Gasteiger partial charge in [-0.2, -0.15) is 0 Å². The van der Waals surface area contributed by atoms with Crippen LogP contribution in [0.25, 0.3) is 11.1 Å². The van der Waals surface area contributed by atoms with Gasteiger partial charge in [0.2, 0.25) is 0 Å². The van der Waals surface area contributed by atoms with E-state index in [0.717, 1.165) is 61.2 Å². The second kappa shape index (κ2) is 11.7. The zero-order valence-electron chi connectivity index (χ0n) is 25.2. The highest BCUT2D eigenvalue weighted by atomic mass is 32.1. The van der Waals surface area contributed by atoms with E-state index in [9.17, 15) is 14.7 Å². The van der Waals surface area contributed by atoms with Gasteiger partial charge in [0, 0.05) is 60.1 Å². The predicted molar refractivity (Wildman–Crippen MR) is 171 cm³/mol. The standard InChI is InChI=1S/C35H37FN4O3S/c1-38-12-5-7-30(38)21-9-10-25(37-18-21)15-22-14-23(19-39(2)34(22)42)28-16-24(36)17-31(29(28)20-41)40-13-11-27-26-6-3-4-8-32(26)44-33(27)35(40)43/h9-10,14,16-19,30,41H,3-8,11-13,15,20H2,1-2H3. The van der Waals surface area contributed by atoms with Gasteiger partial charge in [0.05, 0.1) is 17.2 Å². The van der Waals surface area contributed by atoms with Crippen molar-refractivity contribution < 1.29 is 14.3 Å². The number of pyridine rings is 2. The Morgan fingerprint density at radius 3 is 2.61 bits per heavy atom.